The fraction of sp³-hybridized carbons (Fsp3) is 0.188. The third kappa shape index (κ3) is 4.23. The van der Waals surface area contributed by atoms with E-state index < -0.39 is 5.97 Å². The lowest BCUT2D eigenvalue weighted by Crippen LogP contribution is -2.14. The Bertz CT molecular complexity index is 629. The van der Waals surface area contributed by atoms with Gasteiger partial charge in [-0.05, 0) is 52.7 Å². The summed E-state index contributed by atoms with van der Waals surface area (Å²) in [5.74, 6) is -0.161. The van der Waals surface area contributed by atoms with E-state index >= 15 is 0 Å². The Morgan fingerprint density at radius 1 is 1.29 bits per heavy atom. The van der Waals surface area contributed by atoms with Crippen LogP contribution >= 0.6 is 15.9 Å². The van der Waals surface area contributed by atoms with E-state index in [9.17, 15) is 9.90 Å². The number of hydrogen-bond donors (Lipinski definition) is 2. The van der Waals surface area contributed by atoms with Gasteiger partial charge in [0.05, 0.1) is 11.3 Å². The molecule has 0 saturated carbocycles. The summed E-state index contributed by atoms with van der Waals surface area (Å²) < 4.78 is 6.30. The van der Waals surface area contributed by atoms with Crippen molar-refractivity contribution < 1.29 is 14.6 Å². The summed E-state index contributed by atoms with van der Waals surface area (Å²) in [6.45, 7) is 2.82. The highest BCUT2D eigenvalue weighted by Crippen LogP contribution is 2.28. The standard InChI is InChI=1S/C16H16BrNO3/c1-11-9-13(16(19)20)15(14(17)10-11)18-7-8-21-12-5-3-2-4-6-12/h2-6,9-10,18H,7-8H2,1H3,(H,19,20). The number of aromatic carboxylic acids is 1. The predicted molar refractivity (Wildman–Crippen MR) is 86.3 cm³/mol. The number of nitrogens with one attached hydrogen (secondary N) is 1. The first kappa shape index (κ1) is 15.4. The van der Waals surface area contributed by atoms with Crippen LogP contribution in [0.4, 0.5) is 5.69 Å². The minimum Gasteiger partial charge on any atom is -0.492 e. The van der Waals surface area contributed by atoms with Crippen LogP contribution in [-0.2, 0) is 0 Å². The largest absolute Gasteiger partial charge is 0.492 e. The first-order valence-corrected chi connectivity index (χ1v) is 7.32. The van der Waals surface area contributed by atoms with Crippen LogP contribution in [0, 0.1) is 6.92 Å². The minimum absolute atomic E-state index is 0.251. The third-order valence-corrected chi connectivity index (χ3v) is 3.51. The van der Waals surface area contributed by atoms with Crippen LogP contribution in [0.2, 0.25) is 0 Å². The van der Waals surface area contributed by atoms with Crippen LogP contribution < -0.4 is 10.1 Å². The zero-order chi connectivity index (χ0) is 15.2. The predicted octanol–water partition coefficient (Wildman–Crippen LogP) is 3.95. The zero-order valence-electron chi connectivity index (χ0n) is 11.6. The van der Waals surface area contributed by atoms with Crippen molar-refractivity contribution in [2.75, 3.05) is 18.5 Å². The molecule has 21 heavy (non-hydrogen) atoms. The number of para-hydroxylation sites is 1. The fourth-order valence-electron chi connectivity index (χ4n) is 1.95. The quantitative estimate of drug-likeness (QED) is 0.775. The van der Waals surface area contributed by atoms with Crippen LogP contribution in [0.1, 0.15) is 15.9 Å². The number of benzene rings is 2. The van der Waals surface area contributed by atoms with Gasteiger partial charge in [-0.3, -0.25) is 0 Å². The molecule has 0 aliphatic carbocycles. The van der Waals surface area contributed by atoms with E-state index in [4.69, 9.17) is 4.74 Å². The number of halogens is 1. The Morgan fingerprint density at radius 2 is 2.00 bits per heavy atom. The lowest BCUT2D eigenvalue weighted by molar-refractivity contribution is 0.0697. The summed E-state index contributed by atoms with van der Waals surface area (Å²) in [5, 5.41) is 12.4. The summed E-state index contributed by atoms with van der Waals surface area (Å²) in [7, 11) is 0. The first-order chi connectivity index (χ1) is 10.1. The van der Waals surface area contributed by atoms with Gasteiger partial charge in [0.25, 0.3) is 0 Å². The van der Waals surface area contributed by atoms with Gasteiger partial charge >= 0.3 is 5.97 Å². The molecule has 4 nitrogen and oxygen atoms in total. The number of anilines is 1. The number of aryl methyl sites for hydroxylation is 1. The molecular formula is C16H16BrNO3. The summed E-state index contributed by atoms with van der Waals surface area (Å²) >= 11 is 3.40. The Hall–Kier alpha value is -2.01. The van der Waals surface area contributed by atoms with Gasteiger partial charge in [-0.2, -0.15) is 0 Å². The normalized spacial score (nSPS) is 10.2. The van der Waals surface area contributed by atoms with Crippen molar-refractivity contribution in [2.45, 2.75) is 6.92 Å². The van der Waals surface area contributed by atoms with Crippen LogP contribution in [-0.4, -0.2) is 24.2 Å². The lowest BCUT2D eigenvalue weighted by atomic mass is 10.1. The van der Waals surface area contributed by atoms with Gasteiger partial charge in [-0.25, -0.2) is 4.79 Å². The molecule has 2 aromatic rings. The highest BCUT2D eigenvalue weighted by atomic mass is 79.9. The Kier molecular flexibility index (Phi) is 5.22. The molecular weight excluding hydrogens is 334 g/mol. The van der Waals surface area contributed by atoms with Crippen molar-refractivity contribution in [3.63, 3.8) is 0 Å². The van der Waals surface area contributed by atoms with Crippen molar-refractivity contribution in [1.82, 2.24) is 0 Å². The molecule has 0 aliphatic heterocycles. The van der Waals surface area contributed by atoms with Gasteiger partial charge in [0.15, 0.2) is 0 Å². The molecule has 2 N–H and O–H groups in total. The van der Waals surface area contributed by atoms with Crippen molar-refractivity contribution in [2.24, 2.45) is 0 Å². The monoisotopic (exact) mass is 349 g/mol. The molecule has 0 heterocycles. The molecule has 5 heteroatoms. The molecule has 0 bridgehead atoms. The molecule has 0 fully saturated rings. The van der Waals surface area contributed by atoms with Gasteiger partial charge in [0.2, 0.25) is 0 Å². The van der Waals surface area contributed by atoms with E-state index in [1.54, 1.807) is 6.07 Å². The number of hydrogen-bond acceptors (Lipinski definition) is 3. The molecule has 110 valence electrons. The van der Waals surface area contributed by atoms with Crippen LogP contribution in [0.5, 0.6) is 5.75 Å². The maximum atomic E-state index is 11.3. The van der Waals surface area contributed by atoms with Crippen LogP contribution in [0.15, 0.2) is 46.9 Å². The van der Waals surface area contributed by atoms with Gasteiger partial charge in [-0.15, -0.1) is 0 Å². The maximum Gasteiger partial charge on any atom is 0.337 e. The van der Waals surface area contributed by atoms with E-state index in [-0.39, 0.29) is 5.56 Å². The van der Waals surface area contributed by atoms with Crippen molar-refractivity contribution >= 4 is 27.6 Å². The Labute approximate surface area is 131 Å². The first-order valence-electron chi connectivity index (χ1n) is 6.53. The highest BCUT2D eigenvalue weighted by Gasteiger charge is 2.13. The van der Waals surface area contributed by atoms with E-state index in [2.05, 4.69) is 21.2 Å². The van der Waals surface area contributed by atoms with Crippen molar-refractivity contribution in [3.05, 3.63) is 58.1 Å². The number of carboxylic acid groups (broad SMARTS) is 1. The van der Waals surface area contributed by atoms with Crippen molar-refractivity contribution in [3.8, 4) is 5.75 Å². The average Bonchev–Trinajstić information content (AvgIpc) is 2.45. The number of rotatable bonds is 6. The van der Waals surface area contributed by atoms with Gasteiger partial charge < -0.3 is 15.2 Å². The molecule has 2 rings (SSSR count). The summed E-state index contributed by atoms with van der Waals surface area (Å²) in [6, 6.07) is 13.0. The zero-order valence-corrected chi connectivity index (χ0v) is 13.2. The smallest absolute Gasteiger partial charge is 0.337 e. The van der Waals surface area contributed by atoms with E-state index in [0.717, 1.165) is 15.8 Å². The molecule has 0 aliphatic rings. The molecule has 0 spiro atoms. The third-order valence-electron chi connectivity index (χ3n) is 2.88. The second-order valence-electron chi connectivity index (χ2n) is 4.56. The SMILES string of the molecule is Cc1cc(Br)c(NCCOc2ccccc2)c(C(=O)O)c1. The van der Waals surface area contributed by atoms with Gasteiger partial charge in [0.1, 0.15) is 12.4 Å². The molecule has 0 radical (unpaired) electrons. The Morgan fingerprint density at radius 3 is 2.67 bits per heavy atom. The average molecular weight is 350 g/mol. The molecule has 0 amide bonds. The molecule has 0 atom stereocenters. The van der Waals surface area contributed by atoms with Gasteiger partial charge in [-0.1, -0.05) is 18.2 Å². The lowest BCUT2D eigenvalue weighted by Gasteiger charge is -2.13. The van der Waals surface area contributed by atoms with Crippen molar-refractivity contribution in [1.29, 1.82) is 0 Å². The number of carboxylic acids is 1. The second kappa shape index (κ2) is 7.13. The van der Waals surface area contributed by atoms with E-state index in [0.29, 0.717) is 18.8 Å². The number of carbonyl (C=O) groups is 1. The molecule has 0 saturated heterocycles. The number of ether oxygens (including phenoxy) is 1. The second-order valence-corrected chi connectivity index (χ2v) is 5.42. The topological polar surface area (TPSA) is 58.6 Å². The van der Waals surface area contributed by atoms with Gasteiger partial charge in [0, 0.05) is 11.0 Å². The minimum atomic E-state index is -0.953. The fourth-order valence-corrected chi connectivity index (χ4v) is 2.67. The van der Waals surface area contributed by atoms with Crippen LogP contribution in [0.3, 0.4) is 0 Å². The summed E-state index contributed by atoms with van der Waals surface area (Å²) in [4.78, 5) is 11.3. The van der Waals surface area contributed by atoms with E-state index in [1.165, 1.54) is 0 Å². The molecule has 0 aromatic heterocycles. The molecule has 2 aromatic carbocycles. The molecule has 0 unspecified atom stereocenters. The van der Waals surface area contributed by atoms with E-state index in [1.807, 2.05) is 43.3 Å². The van der Waals surface area contributed by atoms with Crippen LogP contribution in [0.25, 0.3) is 0 Å². The summed E-state index contributed by atoms with van der Waals surface area (Å²) in [6.07, 6.45) is 0. The highest BCUT2D eigenvalue weighted by molar-refractivity contribution is 9.10. The Balaban J connectivity index is 1.98. The summed E-state index contributed by atoms with van der Waals surface area (Å²) in [5.41, 5.74) is 1.72. The maximum absolute atomic E-state index is 11.3.